The van der Waals surface area contributed by atoms with Gasteiger partial charge in [-0.15, -0.1) is 0 Å². The highest BCUT2D eigenvalue weighted by Crippen LogP contribution is 2.27. The zero-order chi connectivity index (χ0) is 18.2. The van der Waals surface area contributed by atoms with Crippen molar-refractivity contribution in [3.8, 4) is 0 Å². The number of benzene rings is 1. The Balaban J connectivity index is 1.93. The van der Waals surface area contributed by atoms with E-state index in [1.54, 1.807) is 24.3 Å². The molecule has 3 N–H and O–H groups in total. The fraction of sp³-hybridized carbons (Fsp3) is 0.600. The number of aliphatic hydroxyl groups is 1. The number of aliphatic hydroxyl groups excluding tert-OH is 1. The summed E-state index contributed by atoms with van der Waals surface area (Å²) in [6.07, 6.45) is 4.62. The molecule has 3 atom stereocenters. The summed E-state index contributed by atoms with van der Waals surface area (Å²) in [6, 6.07) is 8.29. The molecule has 0 bridgehead atoms. The average molecular weight is 346 g/mol. The van der Waals surface area contributed by atoms with E-state index in [2.05, 4.69) is 10.6 Å². The lowest BCUT2D eigenvalue weighted by Gasteiger charge is -2.25. The first kappa shape index (κ1) is 19.4. The Bertz CT molecular complexity index is 555. The normalized spacial score (nSPS) is 18.4. The van der Waals surface area contributed by atoms with Gasteiger partial charge in [0, 0.05) is 12.1 Å². The lowest BCUT2D eigenvalue weighted by Crippen LogP contribution is -2.51. The second-order valence-corrected chi connectivity index (χ2v) is 7.06. The van der Waals surface area contributed by atoms with Crippen LogP contribution < -0.4 is 10.6 Å². The van der Waals surface area contributed by atoms with Crippen molar-refractivity contribution in [2.24, 2.45) is 11.8 Å². The Kier molecular flexibility index (Phi) is 7.44. The third kappa shape index (κ3) is 5.56. The number of rotatable bonds is 8. The molecule has 3 unspecified atom stereocenters. The number of hydrogen-bond acceptors (Lipinski definition) is 3. The van der Waals surface area contributed by atoms with Gasteiger partial charge in [0.15, 0.2) is 0 Å². The van der Waals surface area contributed by atoms with E-state index >= 15 is 0 Å². The molecule has 1 aliphatic rings. The summed E-state index contributed by atoms with van der Waals surface area (Å²) in [5.41, 5.74) is 0.537. The van der Waals surface area contributed by atoms with E-state index in [1.165, 1.54) is 0 Å². The molecule has 25 heavy (non-hydrogen) atoms. The summed E-state index contributed by atoms with van der Waals surface area (Å²) in [7, 11) is 0. The van der Waals surface area contributed by atoms with Crippen LogP contribution >= 0.6 is 0 Å². The van der Waals surface area contributed by atoms with Crippen LogP contribution in [0.3, 0.4) is 0 Å². The molecule has 0 aliphatic heterocycles. The quantitative estimate of drug-likeness (QED) is 0.677. The monoisotopic (exact) mass is 346 g/mol. The molecule has 5 nitrogen and oxygen atoms in total. The molecule has 1 fully saturated rings. The molecule has 1 saturated carbocycles. The zero-order valence-corrected chi connectivity index (χ0v) is 15.2. The minimum atomic E-state index is -0.603. The van der Waals surface area contributed by atoms with Gasteiger partial charge in [0.1, 0.15) is 6.04 Å². The van der Waals surface area contributed by atoms with Crippen molar-refractivity contribution >= 4 is 11.8 Å². The Morgan fingerprint density at radius 3 is 2.44 bits per heavy atom. The van der Waals surface area contributed by atoms with E-state index in [0.29, 0.717) is 5.56 Å². The van der Waals surface area contributed by atoms with Gasteiger partial charge in [-0.1, -0.05) is 51.3 Å². The van der Waals surface area contributed by atoms with Crippen LogP contribution in [0, 0.1) is 11.8 Å². The Labute approximate surface area is 150 Å². The topological polar surface area (TPSA) is 78.4 Å². The molecule has 2 amide bonds. The van der Waals surface area contributed by atoms with Crippen LogP contribution in [-0.2, 0) is 4.79 Å². The number of carbonyl (C=O) groups excluding carboxylic acids is 2. The van der Waals surface area contributed by atoms with E-state index < -0.39 is 12.1 Å². The number of amides is 2. The first-order valence-electron chi connectivity index (χ1n) is 9.34. The van der Waals surface area contributed by atoms with E-state index in [9.17, 15) is 14.7 Å². The molecule has 0 heterocycles. The van der Waals surface area contributed by atoms with Gasteiger partial charge >= 0.3 is 0 Å². The Morgan fingerprint density at radius 1 is 1.20 bits per heavy atom. The maximum absolute atomic E-state index is 12.6. The molecule has 1 aromatic carbocycles. The van der Waals surface area contributed by atoms with Crippen LogP contribution in [0.25, 0.3) is 0 Å². The summed E-state index contributed by atoms with van der Waals surface area (Å²) in [5, 5.41) is 15.9. The highest BCUT2D eigenvalue weighted by atomic mass is 16.3. The molecule has 1 aliphatic carbocycles. The molecule has 5 heteroatoms. The smallest absolute Gasteiger partial charge is 0.251 e. The van der Waals surface area contributed by atoms with E-state index in [-0.39, 0.29) is 30.2 Å². The maximum Gasteiger partial charge on any atom is 0.251 e. The molecule has 1 aromatic rings. The predicted molar refractivity (Wildman–Crippen MR) is 98.1 cm³/mol. The summed E-state index contributed by atoms with van der Waals surface area (Å²) in [6.45, 7) is 4.19. The summed E-state index contributed by atoms with van der Waals surface area (Å²) >= 11 is 0. The summed E-state index contributed by atoms with van der Waals surface area (Å²) in [4.78, 5) is 25.0. The second kappa shape index (κ2) is 9.56. The van der Waals surface area contributed by atoms with Gasteiger partial charge < -0.3 is 15.7 Å². The third-order valence-corrected chi connectivity index (χ3v) is 5.25. The fourth-order valence-corrected chi connectivity index (χ4v) is 3.34. The highest BCUT2D eigenvalue weighted by molar-refractivity contribution is 5.97. The average Bonchev–Trinajstić information content (AvgIpc) is 3.18. The van der Waals surface area contributed by atoms with Gasteiger partial charge in [-0.05, 0) is 36.8 Å². The molecule has 138 valence electrons. The SMILES string of the molecule is CCC(C)C(NC(=O)c1ccccc1)C(=O)NCC(O)C1CCCC1. The van der Waals surface area contributed by atoms with Crippen molar-refractivity contribution in [1.29, 1.82) is 0 Å². The van der Waals surface area contributed by atoms with Gasteiger partial charge in [-0.3, -0.25) is 9.59 Å². The minimum Gasteiger partial charge on any atom is -0.391 e. The van der Waals surface area contributed by atoms with E-state index in [4.69, 9.17) is 0 Å². The number of carbonyl (C=O) groups is 2. The number of nitrogens with one attached hydrogen (secondary N) is 2. The van der Waals surface area contributed by atoms with Crippen molar-refractivity contribution in [2.45, 2.75) is 58.1 Å². The standard InChI is InChI=1S/C20H30N2O3/c1-3-14(2)18(22-19(24)16-11-5-4-6-12-16)20(25)21-13-17(23)15-9-7-8-10-15/h4-6,11-12,14-15,17-18,23H,3,7-10,13H2,1-2H3,(H,21,25)(H,22,24). The Hall–Kier alpha value is -1.88. The summed E-state index contributed by atoms with van der Waals surface area (Å²) in [5.74, 6) is -0.189. The van der Waals surface area contributed by atoms with Gasteiger partial charge in [0.05, 0.1) is 6.10 Å². The molecule has 2 rings (SSSR count). The van der Waals surface area contributed by atoms with Crippen molar-refractivity contribution in [3.63, 3.8) is 0 Å². The van der Waals surface area contributed by atoms with Crippen LogP contribution in [0.5, 0.6) is 0 Å². The largest absolute Gasteiger partial charge is 0.391 e. The molecule has 0 spiro atoms. The van der Waals surface area contributed by atoms with Gasteiger partial charge in [0.2, 0.25) is 5.91 Å². The predicted octanol–water partition coefficient (Wildman–Crippen LogP) is 2.50. The third-order valence-electron chi connectivity index (χ3n) is 5.25. The second-order valence-electron chi connectivity index (χ2n) is 7.06. The van der Waals surface area contributed by atoms with Gasteiger partial charge in [-0.25, -0.2) is 0 Å². The lowest BCUT2D eigenvalue weighted by molar-refractivity contribution is -0.124. The molecule has 0 radical (unpaired) electrons. The first-order valence-corrected chi connectivity index (χ1v) is 9.34. The van der Waals surface area contributed by atoms with E-state index in [0.717, 1.165) is 32.1 Å². The lowest BCUT2D eigenvalue weighted by atomic mass is 9.97. The fourth-order valence-electron chi connectivity index (χ4n) is 3.34. The van der Waals surface area contributed by atoms with Gasteiger partial charge in [-0.2, -0.15) is 0 Å². The number of hydrogen-bond donors (Lipinski definition) is 3. The maximum atomic E-state index is 12.6. The van der Waals surface area contributed by atoms with Gasteiger partial charge in [0.25, 0.3) is 5.91 Å². The van der Waals surface area contributed by atoms with Crippen molar-refractivity contribution < 1.29 is 14.7 Å². The summed E-state index contributed by atoms with van der Waals surface area (Å²) < 4.78 is 0. The van der Waals surface area contributed by atoms with Crippen LogP contribution in [0.4, 0.5) is 0 Å². The highest BCUT2D eigenvalue weighted by Gasteiger charge is 2.28. The molecular weight excluding hydrogens is 316 g/mol. The minimum absolute atomic E-state index is 0.0104. The van der Waals surface area contributed by atoms with E-state index in [1.807, 2.05) is 19.9 Å². The van der Waals surface area contributed by atoms with Crippen LogP contribution in [-0.4, -0.2) is 35.6 Å². The van der Waals surface area contributed by atoms with Crippen LogP contribution in [0.1, 0.15) is 56.3 Å². The molecular formula is C20H30N2O3. The Morgan fingerprint density at radius 2 is 1.84 bits per heavy atom. The van der Waals surface area contributed by atoms with Crippen molar-refractivity contribution in [2.75, 3.05) is 6.54 Å². The molecule has 0 aromatic heterocycles. The van der Waals surface area contributed by atoms with Crippen molar-refractivity contribution in [3.05, 3.63) is 35.9 Å². The van der Waals surface area contributed by atoms with Crippen LogP contribution in [0.15, 0.2) is 30.3 Å². The van der Waals surface area contributed by atoms with Crippen LogP contribution in [0.2, 0.25) is 0 Å². The first-order chi connectivity index (χ1) is 12.0. The zero-order valence-electron chi connectivity index (χ0n) is 15.2. The molecule has 0 saturated heterocycles. The van der Waals surface area contributed by atoms with Crippen molar-refractivity contribution in [1.82, 2.24) is 10.6 Å².